The monoisotopic (exact) mass is 1260 g/mol. The van der Waals surface area contributed by atoms with Gasteiger partial charge in [0.1, 0.15) is 60.4 Å². The summed E-state index contributed by atoms with van der Waals surface area (Å²) in [6, 6.07) is -3.00. The third-order valence-corrected chi connectivity index (χ3v) is 17.0. The van der Waals surface area contributed by atoms with Gasteiger partial charge in [-0.05, 0) is 99.4 Å². The summed E-state index contributed by atoms with van der Waals surface area (Å²) in [6.07, 6.45) is 3.02. The number of aliphatic hydroxyl groups excluding tert-OH is 1. The number of nitrogens with zero attached hydrogens (tertiary/aromatic N) is 7. The minimum absolute atomic E-state index is 0.0102. The van der Waals surface area contributed by atoms with Crippen molar-refractivity contribution in [2.45, 2.75) is 216 Å². The Labute approximate surface area is 537 Å². The second-order valence-electron chi connectivity index (χ2n) is 27.3. The molecule has 1 aliphatic rings. The molecule has 0 bridgehead atoms. The van der Waals surface area contributed by atoms with E-state index in [-0.39, 0.29) is 62.2 Å². The van der Waals surface area contributed by atoms with Gasteiger partial charge in [0.05, 0.1) is 12.6 Å². The van der Waals surface area contributed by atoms with E-state index in [1.807, 2.05) is 97.9 Å². The normalized spacial score (nSPS) is 26.0. The maximum atomic E-state index is 15.3. The Morgan fingerprint density at radius 2 is 0.900 bits per heavy atom. The highest BCUT2D eigenvalue weighted by atomic mass is 16.3. The molecule has 11 amide bonds. The molecule has 508 valence electrons. The van der Waals surface area contributed by atoms with Crippen molar-refractivity contribution in [3.8, 4) is 0 Å². The van der Waals surface area contributed by atoms with Crippen LogP contribution in [0.2, 0.25) is 0 Å². The smallest absolute Gasteiger partial charge is 0.246 e. The molecule has 0 radical (unpaired) electrons. The topological polar surface area (TPSA) is 279 Å². The molecule has 1 fully saturated rings. The average molecular weight is 1260 g/mol. The van der Waals surface area contributed by atoms with E-state index in [4.69, 9.17) is 0 Å². The molecule has 0 saturated carbocycles. The summed E-state index contributed by atoms with van der Waals surface area (Å²) in [5.74, 6) is -9.88. The molecule has 0 spiro atoms. The van der Waals surface area contributed by atoms with Crippen molar-refractivity contribution in [1.82, 2.24) is 55.6 Å². The van der Waals surface area contributed by atoms with Crippen molar-refractivity contribution in [3.63, 3.8) is 0 Å². The van der Waals surface area contributed by atoms with Gasteiger partial charge in [-0.2, -0.15) is 0 Å². The lowest BCUT2D eigenvalue weighted by molar-refractivity contribution is -0.157. The number of nitrogens with one attached hydrogen (secondary N) is 4. The summed E-state index contributed by atoms with van der Waals surface area (Å²) in [5, 5.41) is 23.4. The van der Waals surface area contributed by atoms with Crippen molar-refractivity contribution in [2.75, 3.05) is 55.9 Å². The zero-order valence-electron chi connectivity index (χ0n) is 58.5. The minimum Gasteiger partial charge on any atom is -0.390 e. The number of allylic oxidation sites excluding steroid dienone is 1. The quantitative estimate of drug-likeness (QED) is 0.154. The molecule has 12 unspecified atom stereocenters. The third-order valence-electron chi connectivity index (χ3n) is 17.0. The van der Waals surface area contributed by atoms with E-state index in [1.165, 1.54) is 87.7 Å². The van der Waals surface area contributed by atoms with Gasteiger partial charge in [-0.3, -0.25) is 52.7 Å². The first-order valence-electron chi connectivity index (χ1n) is 32.2. The number of carbonyl (C=O) groups excluding carboxylic acids is 11. The summed E-state index contributed by atoms with van der Waals surface area (Å²) in [5.41, 5.74) is 0.896. The van der Waals surface area contributed by atoms with Crippen molar-refractivity contribution in [1.29, 1.82) is 0 Å². The second-order valence-corrected chi connectivity index (χ2v) is 27.3. The maximum absolute atomic E-state index is 15.3. The first kappa shape index (κ1) is 79.2. The van der Waals surface area contributed by atoms with Crippen molar-refractivity contribution < 1.29 is 57.8 Å². The standard InChI is InChI=1S/C67H113N11O12/c1-24-48-63(86)72(17)37-53(79)73(18)49(33-38(2)3)60(83)71-54(42(10)11)66(89)74(19)50(34-39(4)5)59(82)68-45(15)58(81)69-46(16)62(85)75(20)51(35-40(6)7)64(87)76(21)52(36-41(8)9)65(88)77(22)55(43(12)13)67(90)78(23)56(61(84)70-48)57(80)44(14)29-28-32-47-30-26-25-27-31-47/h25-28,30-32,38-46,48-52,54-57,80H,24,29,33-37H2,1-23H3,(H,68,82)(H,69,81)(H,70,84)(H,71,83)/b32-28+. The first-order valence-corrected chi connectivity index (χ1v) is 32.2. The molecule has 1 aromatic rings. The van der Waals surface area contributed by atoms with Gasteiger partial charge in [0.25, 0.3) is 0 Å². The predicted octanol–water partition coefficient (Wildman–Crippen LogP) is 4.41. The van der Waals surface area contributed by atoms with Crippen LogP contribution in [0.15, 0.2) is 36.4 Å². The number of aliphatic hydroxyl groups is 1. The number of benzene rings is 1. The van der Waals surface area contributed by atoms with E-state index >= 15 is 19.2 Å². The molecule has 2 rings (SSSR count). The van der Waals surface area contributed by atoms with Crippen LogP contribution in [0.1, 0.15) is 155 Å². The molecule has 1 heterocycles. The van der Waals surface area contributed by atoms with Gasteiger partial charge in [-0.1, -0.05) is 139 Å². The fourth-order valence-corrected chi connectivity index (χ4v) is 11.3. The lowest BCUT2D eigenvalue weighted by atomic mass is 9.91. The zero-order chi connectivity index (χ0) is 69.1. The minimum atomic E-state index is -1.65. The number of hydrogen-bond acceptors (Lipinski definition) is 12. The lowest BCUT2D eigenvalue weighted by Crippen LogP contribution is -2.63. The number of likely N-dealkylation sites (N-methyl/N-ethyl adjacent to an activating group) is 7. The van der Waals surface area contributed by atoms with Gasteiger partial charge < -0.3 is 60.7 Å². The van der Waals surface area contributed by atoms with Gasteiger partial charge in [0.15, 0.2) is 0 Å². The SMILES string of the molecule is CCC1NC(=O)C(C(O)C(C)C/C=C/c2ccccc2)N(C)C(=O)C(C(C)C)N(C)C(=O)C(CC(C)C)N(C)C(=O)C(CC(C)C)N(C)C(=O)C(C)NC(=O)C(C)NC(=O)C(CC(C)C)N(C)C(=O)C(C(C)C)NC(=O)C(CC(C)C)N(C)C(=O)CN(C)C1=O. The van der Waals surface area contributed by atoms with Crippen LogP contribution >= 0.6 is 0 Å². The van der Waals surface area contributed by atoms with E-state index in [1.54, 1.807) is 41.5 Å². The van der Waals surface area contributed by atoms with E-state index < -0.39 is 156 Å². The Kier molecular flexibility index (Phi) is 31.9. The van der Waals surface area contributed by atoms with Crippen LogP contribution in [0.5, 0.6) is 0 Å². The zero-order valence-corrected chi connectivity index (χ0v) is 58.5. The van der Waals surface area contributed by atoms with Gasteiger partial charge in [-0.15, -0.1) is 0 Å². The first-order chi connectivity index (χ1) is 41.7. The Morgan fingerprint density at radius 1 is 0.467 bits per heavy atom. The fourth-order valence-electron chi connectivity index (χ4n) is 11.3. The number of hydrogen-bond donors (Lipinski definition) is 5. The van der Waals surface area contributed by atoms with E-state index in [0.29, 0.717) is 0 Å². The Bertz CT molecular complexity index is 2630. The average Bonchev–Trinajstić information content (AvgIpc) is 0.874. The maximum Gasteiger partial charge on any atom is 0.246 e. The number of carbonyl (C=O) groups is 11. The van der Waals surface area contributed by atoms with E-state index in [9.17, 15) is 38.7 Å². The van der Waals surface area contributed by atoms with Crippen LogP contribution in [0, 0.1) is 41.4 Å². The van der Waals surface area contributed by atoms with Crippen LogP contribution in [0.25, 0.3) is 6.08 Å². The highest BCUT2D eigenvalue weighted by molar-refractivity contribution is 5.99. The lowest BCUT2D eigenvalue weighted by Gasteiger charge is -2.41. The summed E-state index contributed by atoms with van der Waals surface area (Å²) in [7, 11) is 9.93. The third kappa shape index (κ3) is 22.2. The fraction of sp³-hybridized carbons (Fsp3) is 0.716. The van der Waals surface area contributed by atoms with Crippen LogP contribution in [0.4, 0.5) is 0 Å². The van der Waals surface area contributed by atoms with Crippen molar-refractivity contribution >= 4 is 71.1 Å². The number of rotatable bonds is 16. The Hall–Kier alpha value is -6.91. The summed E-state index contributed by atoms with van der Waals surface area (Å²) < 4.78 is 0. The molecule has 23 nitrogen and oxygen atoms in total. The van der Waals surface area contributed by atoms with Crippen LogP contribution < -0.4 is 21.3 Å². The molecule has 5 N–H and O–H groups in total. The highest BCUT2D eigenvalue weighted by Crippen LogP contribution is 2.26. The van der Waals surface area contributed by atoms with Gasteiger partial charge >= 0.3 is 0 Å². The van der Waals surface area contributed by atoms with Gasteiger partial charge in [0.2, 0.25) is 65.0 Å². The van der Waals surface area contributed by atoms with Crippen LogP contribution in [0.3, 0.4) is 0 Å². The molecule has 1 saturated heterocycles. The molecule has 1 aromatic carbocycles. The summed E-state index contributed by atoms with van der Waals surface area (Å²) in [6.45, 7) is 27.5. The Balaban J connectivity index is 2.99. The summed E-state index contributed by atoms with van der Waals surface area (Å²) in [4.78, 5) is 170. The van der Waals surface area contributed by atoms with E-state index in [0.717, 1.165) is 15.4 Å². The number of amides is 11. The molecular formula is C67H113N11O12. The molecule has 12 atom stereocenters. The van der Waals surface area contributed by atoms with Crippen molar-refractivity contribution in [2.24, 2.45) is 41.4 Å². The molecule has 23 heteroatoms. The van der Waals surface area contributed by atoms with Crippen molar-refractivity contribution in [3.05, 3.63) is 42.0 Å². The molecular weight excluding hydrogens is 1150 g/mol. The van der Waals surface area contributed by atoms with Crippen LogP contribution in [-0.2, 0) is 52.7 Å². The molecule has 0 aliphatic carbocycles. The van der Waals surface area contributed by atoms with Crippen LogP contribution in [-0.4, -0.2) is 227 Å². The second kappa shape index (κ2) is 36.2. The van der Waals surface area contributed by atoms with Gasteiger partial charge in [-0.25, -0.2) is 0 Å². The molecule has 90 heavy (non-hydrogen) atoms. The van der Waals surface area contributed by atoms with Gasteiger partial charge in [0, 0.05) is 49.3 Å². The van der Waals surface area contributed by atoms with E-state index in [2.05, 4.69) is 21.3 Å². The molecule has 0 aromatic heterocycles. The Morgan fingerprint density at radius 3 is 1.38 bits per heavy atom. The largest absolute Gasteiger partial charge is 0.390 e. The molecule has 1 aliphatic heterocycles. The highest BCUT2D eigenvalue weighted by Gasteiger charge is 2.46. The predicted molar refractivity (Wildman–Crippen MR) is 349 cm³/mol. The summed E-state index contributed by atoms with van der Waals surface area (Å²) >= 11 is 0.